The second-order valence-electron chi connectivity index (χ2n) is 7.05. The Hall–Kier alpha value is -4.31. The van der Waals surface area contributed by atoms with Gasteiger partial charge in [-0.3, -0.25) is 4.79 Å². The van der Waals surface area contributed by atoms with Crippen LogP contribution in [-0.4, -0.2) is 34.8 Å². The van der Waals surface area contributed by atoms with Crippen LogP contribution in [-0.2, 0) is 4.79 Å². The normalized spacial score (nSPS) is 11.2. The van der Waals surface area contributed by atoms with Crippen LogP contribution in [0.2, 0.25) is 0 Å². The largest absolute Gasteiger partial charge is 0.496 e. The van der Waals surface area contributed by atoms with Crippen molar-refractivity contribution in [2.75, 3.05) is 24.9 Å². The molecule has 1 aromatic heterocycles. The number of nitrogens with one attached hydrogen (secondary N) is 2. The van der Waals surface area contributed by atoms with Gasteiger partial charge < -0.3 is 30.7 Å². The highest BCUT2D eigenvalue weighted by atomic mass is 16.5. The van der Waals surface area contributed by atoms with Crippen molar-refractivity contribution in [3.8, 4) is 34.0 Å². The Morgan fingerprint density at radius 2 is 1.91 bits per heavy atom. The maximum absolute atomic E-state index is 12.2. The molecule has 0 spiro atoms. The van der Waals surface area contributed by atoms with Gasteiger partial charge in [0.2, 0.25) is 0 Å². The number of aromatic nitrogens is 2. The molecule has 0 fully saturated rings. The number of ether oxygens (including phenoxy) is 2. The van der Waals surface area contributed by atoms with Crippen LogP contribution in [0, 0.1) is 0 Å². The summed E-state index contributed by atoms with van der Waals surface area (Å²) >= 11 is 0. The van der Waals surface area contributed by atoms with Gasteiger partial charge in [-0.05, 0) is 55.3 Å². The number of benzene rings is 2. The van der Waals surface area contributed by atoms with Crippen LogP contribution in [0.3, 0.4) is 0 Å². The first-order valence-electron chi connectivity index (χ1n) is 10.0. The molecule has 33 heavy (non-hydrogen) atoms. The number of anilines is 2. The van der Waals surface area contributed by atoms with Crippen LogP contribution in [0.1, 0.15) is 19.4 Å². The van der Waals surface area contributed by atoms with Gasteiger partial charge in [0, 0.05) is 11.1 Å². The molecule has 0 bridgehead atoms. The zero-order valence-electron chi connectivity index (χ0n) is 18.4. The number of carboxylic acid groups (broad SMARTS) is 1. The van der Waals surface area contributed by atoms with Crippen molar-refractivity contribution in [3.05, 3.63) is 57.9 Å². The first kappa shape index (κ1) is 23.4. The molecule has 0 aliphatic rings. The molecule has 10 nitrogen and oxygen atoms in total. The van der Waals surface area contributed by atoms with Gasteiger partial charge in [0.05, 0.1) is 19.3 Å². The SMILES string of the molecule is CCOc1cc(-c2ccc(OC)c(/C=C(\C)C(=O)O)c2)ccc1-c1nc(NN)c(N)c(=O)[nH]1. The molecule has 2 aromatic carbocycles. The summed E-state index contributed by atoms with van der Waals surface area (Å²) in [4.78, 5) is 30.3. The van der Waals surface area contributed by atoms with Crippen molar-refractivity contribution in [2.45, 2.75) is 13.8 Å². The number of H-pyrrole nitrogens is 1. The van der Waals surface area contributed by atoms with Gasteiger partial charge in [0.25, 0.3) is 5.56 Å². The maximum Gasteiger partial charge on any atom is 0.331 e. The first-order valence-corrected chi connectivity index (χ1v) is 10.0. The molecular formula is C23H25N5O5. The smallest absolute Gasteiger partial charge is 0.331 e. The Bertz CT molecular complexity index is 1280. The number of methoxy groups -OCH3 is 1. The monoisotopic (exact) mass is 451 g/mol. The third-order valence-electron chi connectivity index (χ3n) is 4.90. The summed E-state index contributed by atoms with van der Waals surface area (Å²) in [7, 11) is 1.52. The van der Waals surface area contributed by atoms with Crippen molar-refractivity contribution in [3.63, 3.8) is 0 Å². The third-order valence-corrected chi connectivity index (χ3v) is 4.90. The summed E-state index contributed by atoms with van der Waals surface area (Å²) in [5.41, 5.74) is 10.3. The van der Waals surface area contributed by atoms with Gasteiger partial charge in [-0.2, -0.15) is 0 Å². The Morgan fingerprint density at radius 1 is 1.21 bits per heavy atom. The molecule has 3 aromatic rings. The van der Waals surface area contributed by atoms with E-state index in [4.69, 9.17) is 21.1 Å². The molecule has 0 radical (unpaired) electrons. The van der Waals surface area contributed by atoms with E-state index < -0.39 is 11.5 Å². The lowest BCUT2D eigenvalue weighted by Gasteiger charge is -2.14. The quantitative estimate of drug-likeness (QED) is 0.197. The lowest BCUT2D eigenvalue weighted by molar-refractivity contribution is -0.132. The van der Waals surface area contributed by atoms with Gasteiger partial charge in [-0.25, -0.2) is 15.6 Å². The molecule has 0 amide bonds. The Kier molecular flexibility index (Phi) is 6.99. The number of carboxylic acids is 1. The van der Waals surface area contributed by atoms with Crippen LogP contribution in [0.15, 0.2) is 46.8 Å². The summed E-state index contributed by atoms with van der Waals surface area (Å²) in [6.45, 7) is 3.74. The highest BCUT2D eigenvalue weighted by Gasteiger charge is 2.15. The van der Waals surface area contributed by atoms with Crippen LogP contribution >= 0.6 is 0 Å². The molecule has 0 unspecified atom stereocenters. The number of nitrogens with two attached hydrogens (primary N) is 2. The van der Waals surface area contributed by atoms with E-state index >= 15 is 0 Å². The fourth-order valence-electron chi connectivity index (χ4n) is 3.21. The highest BCUT2D eigenvalue weighted by Crippen LogP contribution is 2.35. The van der Waals surface area contributed by atoms with Gasteiger partial charge in [-0.1, -0.05) is 12.1 Å². The van der Waals surface area contributed by atoms with E-state index in [0.29, 0.717) is 29.2 Å². The predicted octanol–water partition coefficient (Wildman–Crippen LogP) is 2.87. The Labute approximate surface area is 189 Å². The Morgan fingerprint density at radius 3 is 2.55 bits per heavy atom. The average Bonchev–Trinajstić information content (AvgIpc) is 2.80. The molecule has 3 rings (SSSR count). The van der Waals surface area contributed by atoms with E-state index in [1.54, 1.807) is 18.2 Å². The van der Waals surface area contributed by atoms with Crippen LogP contribution in [0.25, 0.3) is 28.6 Å². The maximum atomic E-state index is 12.2. The van der Waals surface area contributed by atoms with Gasteiger partial charge in [-0.15, -0.1) is 0 Å². The van der Waals surface area contributed by atoms with E-state index in [9.17, 15) is 14.7 Å². The lowest BCUT2D eigenvalue weighted by atomic mass is 9.99. The van der Waals surface area contributed by atoms with Crippen molar-refractivity contribution in [1.29, 1.82) is 0 Å². The van der Waals surface area contributed by atoms with E-state index in [1.165, 1.54) is 14.0 Å². The second kappa shape index (κ2) is 9.88. The minimum atomic E-state index is -1.01. The van der Waals surface area contributed by atoms with Gasteiger partial charge in [0.1, 0.15) is 23.0 Å². The summed E-state index contributed by atoms with van der Waals surface area (Å²) in [5, 5.41) is 9.22. The lowest BCUT2D eigenvalue weighted by Crippen LogP contribution is -2.20. The number of aliphatic carboxylic acids is 1. The number of hydrazine groups is 1. The summed E-state index contributed by atoms with van der Waals surface area (Å²) < 4.78 is 11.2. The summed E-state index contributed by atoms with van der Waals surface area (Å²) in [5.74, 6) is 5.75. The van der Waals surface area contributed by atoms with E-state index in [2.05, 4.69) is 15.4 Å². The van der Waals surface area contributed by atoms with Crippen LogP contribution in [0.4, 0.5) is 11.5 Å². The van der Waals surface area contributed by atoms with Crippen molar-refractivity contribution in [2.24, 2.45) is 5.84 Å². The number of nitrogen functional groups attached to an aromatic ring is 2. The topological polar surface area (TPSA) is 166 Å². The van der Waals surface area contributed by atoms with Gasteiger partial charge in [0.15, 0.2) is 5.82 Å². The molecular weight excluding hydrogens is 426 g/mol. The number of hydrogen-bond donors (Lipinski definition) is 5. The molecule has 172 valence electrons. The third kappa shape index (κ3) is 4.96. The molecule has 10 heteroatoms. The molecule has 0 saturated heterocycles. The zero-order chi connectivity index (χ0) is 24.1. The number of rotatable bonds is 8. The van der Waals surface area contributed by atoms with Crippen LogP contribution in [0.5, 0.6) is 11.5 Å². The number of nitrogens with zero attached hydrogens (tertiary/aromatic N) is 1. The number of carbonyl (C=O) groups is 1. The fourth-order valence-corrected chi connectivity index (χ4v) is 3.21. The molecule has 1 heterocycles. The van der Waals surface area contributed by atoms with E-state index in [-0.39, 0.29) is 22.9 Å². The summed E-state index contributed by atoms with van der Waals surface area (Å²) in [6.07, 6.45) is 1.55. The Balaban J connectivity index is 2.13. The van der Waals surface area contributed by atoms with E-state index in [0.717, 1.165) is 11.1 Å². The van der Waals surface area contributed by atoms with Crippen molar-refractivity contribution >= 4 is 23.6 Å². The molecule has 0 aliphatic heterocycles. The molecule has 0 aliphatic carbocycles. The van der Waals surface area contributed by atoms with Crippen LogP contribution < -0.4 is 32.0 Å². The molecule has 0 atom stereocenters. The second-order valence-corrected chi connectivity index (χ2v) is 7.05. The van der Waals surface area contributed by atoms with Gasteiger partial charge >= 0.3 is 5.97 Å². The number of aromatic amines is 1. The zero-order valence-corrected chi connectivity index (χ0v) is 18.4. The summed E-state index contributed by atoms with van der Waals surface area (Å²) in [6, 6.07) is 10.9. The standard InChI is InChI=1S/C23H25N5O5/c1-4-33-18-11-14(5-7-16(18)20-26-21(28-25)19(24)22(29)27-20)13-6-8-17(32-3)15(10-13)9-12(2)23(30)31/h5-11H,4,24-25H2,1-3H3,(H,30,31)(H2,26,27,28,29)/b12-9+. The number of hydrogen-bond acceptors (Lipinski definition) is 8. The van der Waals surface area contributed by atoms with E-state index in [1.807, 2.05) is 31.2 Å². The molecule has 0 saturated carbocycles. The minimum absolute atomic E-state index is 0.0562. The fraction of sp³-hybridized carbons (Fsp3) is 0.174. The minimum Gasteiger partial charge on any atom is -0.496 e. The van der Waals surface area contributed by atoms with Crippen molar-refractivity contribution in [1.82, 2.24) is 9.97 Å². The first-order chi connectivity index (χ1) is 15.8. The predicted molar refractivity (Wildman–Crippen MR) is 127 cm³/mol. The highest BCUT2D eigenvalue weighted by molar-refractivity contribution is 5.92. The average molecular weight is 451 g/mol. The van der Waals surface area contributed by atoms with Crippen molar-refractivity contribution < 1.29 is 19.4 Å². The molecule has 7 N–H and O–H groups in total.